The largest absolute Gasteiger partial charge is 0.493 e. The van der Waals surface area contributed by atoms with Crippen molar-refractivity contribution in [3.05, 3.63) is 17.7 Å². The fraction of sp³-hybridized carbons (Fsp3) is 0.308. The van der Waals surface area contributed by atoms with Crippen molar-refractivity contribution in [2.75, 3.05) is 28.4 Å². The van der Waals surface area contributed by atoms with E-state index in [1.165, 1.54) is 34.5 Å². The third-order valence-electron chi connectivity index (χ3n) is 2.37. The minimum Gasteiger partial charge on any atom is -0.493 e. The predicted octanol–water partition coefficient (Wildman–Crippen LogP) is 1.93. The molecule has 0 aliphatic heterocycles. The second-order valence-electron chi connectivity index (χ2n) is 3.26. The highest BCUT2D eigenvalue weighted by molar-refractivity contribution is 5.78. The molecular weight excluding hydrogens is 236 g/mol. The van der Waals surface area contributed by atoms with E-state index >= 15 is 0 Å². The molecule has 98 valence electrons. The van der Waals surface area contributed by atoms with E-state index in [0.717, 1.165) is 0 Å². The Morgan fingerprint density at radius 1 is 0.889 bits per heavy atom. The number of aldehydes is 1. The molecule has 0 saturated carbocycles. The molecule has 0 aliphatic carbocycles. The average molecular weight is 252 g/mol. The molecule has 0 bridgehead atoms. The molecule has 1 aromatic carbocycles. The zero-order valence-corrected chi connectivity index (χ0v) is 10.9. The Morgan fingerprint density at radius 2 is 1.50 bits per heavy atom. The molecule has 0 aromatic heterocycles. The van der Waals surface area contributed by atoms with Crippen molar-refractivity contribution in [2.45, 2.75) is 0 Å². The first-order chi connectivity index (χ1) is 8.73. The molecule has 0 fully saturated rings. The van der Waals surface area contributed by atoms with Gasteiger partial charge in [-0.3, -0.25) is 4.79 Å². The van der Waals surface area contributed by atoms with Gasteiger partial charge in [-0.05, 0) is 18.2 Å². The molecule has 0 unspecified atom stereocenters. The van der Waals surface area contributed by atoms with Gasteiger partial charge in [0.1, 0.15) is 6.29 Å². The molecule has 5 nitrogen and oxygen atoms in total. The van der Waals surface area contributed by atoms with E-state index in [1.807, 2.05) is 0 Å². The molecule has 18 heavy (non-hydrogen) atoms. The van der Waals surface area contributed by atoms with Crippen LogP contribution in [0.2, 0.25) is 0 Å². The van der Waals surface area contributed by atoms with Crippen LogP contribution in [0.25, 0.3) is 6.08 Å². The van der Waals surface area contributed by atoms with Crippen LogP contribution < -0.4 is 18.9 Å². The standard InChI is InChI=1S/C13H16O5/c1-15-10-8-9(6-5-7-14)11(16-2)13(18-4)12(10)17-3/h5-8H,1-4H3/b6-5+. The lowest BCUT2D eigenvalue weighted by Crippen LogP contribution is -1.99. The second kappa shape index (κ2) is 6.54. The Hall–Kier alpha value is -2.17. The normalized spacial score (nSPS) is 10.2. The van der Waals surface area contributed by atoms with E-state index in [9.17, 15) is 4.79 Å². The maximum absolute atomic E-state index is 10.4. The molecule has 0 amide bonds. The number of methoxy groups -OCH3 is 4. The van der Waals surface area contributed by atoms with Gasteiger partial charge in [0, 0.05) is 5.56 Å². The number of ether oxygens (including phenoxy) is 4. The Balaban J connectivity index is 3.52. The van der Waals surface area contributed by atoms with Crippen molar-refractivity contribution in [2.24, 2.45) is 0 Å². The van der Waals surface area contributed by atoms with Crippen LogP contribution in [0.15, 0.2) is 12.1 Å². The van der Waals surface area contributed by atoms with Crippen LogP contribution in [-0.4, -0.2) is 34.7 Å². The molecule has 0 N–H and O–H groups in total. The van der Waals surface area contributed by atoms with Crippen LogP contribution >= 0.6 is 0 Å². The molecule has 0 radical (unpaired) electrons. The first kappa shape index (κ1) is 13.9. The van der Waals surface area contributed by atoms with Gasteiger partial charge in [-0.2, -0.15) is 0 Å². The van der Waals surface area contributed by atoms with E-state index in [1.54, 1.807) is 12.1 Å². The summed E-state index contributed by atoms with van der Waals surface area (Å²) in [6.07, 6.45) is 3.65. The Kier molecular flexibility index (Phi) is 5.05. The zero-order valence-electron chi connectivity index (χ0n) is 10.9. The van der Waals surface area contributed by atoms with Crippen molar-refractivity contribution in [3.63, 3.8) is 0 Å². The predicted molar refractivity (Wildman–Crippen MR) is 67.7 cm³/mol. The van der Waals surface area contributed by atoms with Gasteiger partial charge < -0.3 is 18.9 Å². The summed E-state index contributed by atoms with van der Waals surface area (Å²) in [5.41, 5.74) is 0.666. The van der Waals surface area contributed by atoms with Crippen LogP contribution in [0.4, 0.5) is 0 Å². The SMILES string of the molecule is COc1cc(/C=C/C=O)c(OC)c(OC)c1OC. The molecule has 0 aliphatic rings. The Bertz CT molecular complexity index is 451. The number of rotatable bonds is 6. The van der Waals surface area contributed by atoms with E-state index in [4.69, 9.17) is 18.9 Å². The lowest BCUT2D eigenvalue weighted by molar-refractivity contribution is -0.104. The highest BCUT2D eigenvalue weighted by Crippen LogP contribution is 2.46. The third kappa shape index (κ3) is 2.56. The second-order valence-corrected chi connectivity index (χ2v) is 3.26. The maximum atomic E-state index is 10.4. The summed E-state index contributed by atoms with van der Waals surface area (Å²) in [6.45, 7) is 0. The smallest absolute Gasteiger partial charge is 0.207 e. The summed E-state index contributed by atoms with van der Waals surface area (Å²) in [4.78, 5) is 10.4. The fourth-order valence-electron chi connectivity index (χ4n) is 1.63. The third-order valence-corrected chi connectivity index (χ3v) is 2.37. The summed E-state index contributed by atoms with van der Waals surface area (Å²) < 4.78 is 21.0. The van der Waals surface area contributed by atoms with Crippen LogP contribution in [0.1, 0.15) is 5.56 Å². The number of hydrogen-bond acceptors (Lipinski definition) is 5. The molecule has 0 heterocycles. The van der Waals surface area contributed by atoms with Crippen molar-refractivity contribution in [1.82, 2.24) is 0 Å². The van der Waals surface area contributed by atoms with Gasteiger partial charge >= 0.3 is 0 Å². The van der Waals surface area contributed by atoms with E-state index < -0.39 is 0 Å². The van der Waals surface area contributed by atoms with Crippen molar-refractivity contribution >= 4 is 12.4 Å². The zero-order chi connectivity index (χ0) is 13.5. The van der Waals surface area contributed by atoms with Gasteiger partial charge in [-0.1, -0.05) is 0 Å². The summed E-state index contributed by atoms with van der Waals surface area (Å²) in [5.74, 6) is 1.85. The monoisotopic (exact) mass is 252 g/mol. The number of carbonyl (C=O) groups excluding carboxylic acids is 1. The van der Waals surface area contributed by atoms with Gasteiger partial charge in [0.25, 0.3) is 0 Å². The quantitative estimate of drug-likeness (QED) is 0.572. The first-order valence-corrected chi connectivity index (χ1v) is 5.22. The van der Waals surface area contributed by atoms with Gasteiger partial charge in [0.2, 0.25) is 11.5 Å². The molecule has 0 atom stereocenters. The average Bonchev–Trinajstić information content (AvgIpc) is 2.42. The molecule has 5 heteroatoms. The number of hydrogen-bond donors (Lipinski definition) is 0. The fourth-order valence-corrected chi connectivity index (χ4v) is 1.63. The number of benzene rings is 1. The van der Waals surface area contributed by atoms with Crippen LogP contribution in [0.3, 0.4) is 0 Å². The lowest BCUT2D eigenvalue weighted by Gasteiger charge is -2.17. The summed E-state index contributed by atoms with van der Waals surface area (Å²) in [7, 11) is 6.06. The van der Waals surface area contributed by atoms with Crippen LogP contribution in [0, 0.1) is 0 Å². The van der Waals surface area contributed by atoms with Crippen LogP contribution in [-0.2, 0) is 4.79 Å². The Morgan fingerprint density at radius 3 is 1.94 bits per heavy atom. The van der Waals surface area contributed by atoms with E-state index in [0.29, 0.717) is 34.8 Å². The van der Waals surface area contributed by atoms with Gasteiger partial charge in [0.15, 0.2) is 11.5 Å². The minimum absolute atomic E-state index is 0.421. The molecule has 1 rings (SSSR count). The van der Waals surface area contributed by atoms with Crippen molar-refractivity contribution in [1.29, 1.82) is 0 Å². The minimum atomic E-state index is 0.421. The van der Waals surface area contributed by atoms with E-state index in [2.05, 4.69) is 0 Å². The summed E-state index contributed by atoms with van der Waals surface area (Å²) in [6, 6.07) is 1.71. The summed E-state index contributed by atoms with van der Waals surface area (Å²) >= 11 is 0. The van der Waals surface area contributed by atoms with Gasteiger partial charge in [-0.25, -0.2) is 0 Å². The van der Waals surface area contributed by atoms with Crippen molar-refractivity contribution in [3.8, 4) is 23.0 Å². The highest BCUT2D eigenvalue weighted by Gasteiger charge is 2.20. The van der Waals surface area contributed by atoms with Crippen molar-refractivity contribution < 1.29 is 23.7 Å². The Labute approximate surface area is 106 Å². The van der Waals surface area contributed by atoms with Crippen LogP contribution in [0.5, 0.6) is 23.0 Å². The highest BCUT2D eigenvalue weighted by atomic mass is 16.5. The first-order valence-electron chi connectivity index (χ1n) is 5.22. The number of carbonyl (C=O) groups is 1. The van der Waals surface area contributed by atoms with Gasteiger partial charge in [0.05, 0.1) is 28.4 Å². The molecule has 0 saturated heterocycles. The number of allylic oxidation sites excluding steroid dienone is 1. The molecule has 0 spiro atoms. The molecule has 1 aromatic rings. The topological polar surface area (TPSA) is 54.0 Å². The van der Waals surface area contributed by atoms with E-state index in [-0.39, 0.29) is 0 Å². The maximum Gasteiger partial charge on any atom is 0.207 e. The lowest BCUT2D eigenvalue weighted by atomic mass is 10.1. The van der Waals surface area contributed by atoms with Gasteiger partial charge in [-0.15, -0.1) is 0 Å². The molecular formula is C13H16O5. The summed E-state index contributed by atoms with van der Waals surface area (Å²) in [5, 5.41) is 0.